The Bertz CT molecular complexity index is 616. The molecule has 0 saturated carbocycles. The first kappa shape index (κ1) is 20.1. The number of carbonyl (C=O) groups is 1. The van der Waals surface area contributed by atoms with E-state index in [0.717, 1.165) is 11.3 Å². The summed E-state index contributed by atoms with van der Waals surface area (Å²) in [4.78, 5) is 11.9. The van der Waals surface area contributed by atoms with Crippen molar-refractivity contribution in [3.05, 3.63) is 14.7 Å². The maximum absolute atomic E-state index is 12.4. The van der Waals surface area contributed by atoms with Crippen LogP contribution in [0.3, 0.4) is 0 Å². The number of sulfonamides is 1. The minimum absolute atomic E-state index is 0.0540. The van der Waals surface area contributed by atoms with E-state index >= 15 is 0 Å². The van der Waals surface area contributed by atoms with E-state index in [0.29, 0.717) is 12.2 Å². The molecule has 1 atom stereocenters. The molecule has 126 valence electrons. The molecule has 1 aromatic heterocycles. The molecule has 1 unspecified atom stereocenters. The highest BCUT2D eigenvalue weighted by Crippen LogP contribution is 2.34. The zero-order valence-corrected chi connectivity index (χ0v) is 16.2. The molecule has 1 rings (SSSR count). The molecule has 22 heavy (non-hydrogen) atoms. The highest BCUT2D eigenvalue weighted by molar-refractivity contribution is 7.98. The normalized spacial score (nSPS) is 13.4. The van der Waals surface area contributed by atoms with Gasteiger partial charge in [-0.05, 0) is 38.3 Å². The van der Waals surface area contributed by atoms with Gasteiger partial charge in [0.25, 0.3) is 0 Å². The third kappa shape index (κ3) is 5.90. The summed E-state index contributed by atoms with van der Waals surface area (Å²) in [5.41, 5.74) is 0. The summed E-state index contributed by atoms with van der Waals surface area (Å²) in [5, 5.41) is 0. The van der Waals surface area contributed by atoms with Crippen LogP contribution in [0.15, 0.2) is 11.0 Å². The third-order valence-electron chi connectivity index (χ3n) is 2.46. The molecule has 0 aromatic carbocycles. The van der Waals surface area contributed by atoms with Gasteiger partial charge in [0.2, 0.25) is 10.0 Å². The Hall–Kier alpha value is 0.01000. The SMILES string of the molecule is CSCCC(NS(=O)(=O)c1cc(Cl)sc1Cl)C(=O)OC(C)C. The number of rotatable bonds is 8. The summed E-state index contributed by atoms with van der Waals surface area (Å²) in [5.74, 6) is 0.00322. The molecular formula is C12H17Cl2NO4S3. The van der Waals surface area contributed by atoms with E-state index in [1.807, 2.05) is 6.26 Å². The van der Waals surface area contributed by atoms with Gasteiger partial charge in [-0.25, -0.2) is 8.42 Å². The Balaban J connectivity index is 2.96. The minimum atomic E-state index is -3.95. The van der Waals surface area contributed by atoms with Crippen LogP contribution in [0.25, 0.3) is 0 Å². The first-order valence-corrected chi connectivity index (χ1v) is 10.8. The molecular weight excluding hydrogens is 389 g/mol. The average Bonchev–Trinajstić information content (AvgIpc) is 2.73. The Morgan fingerprint density at radius 1 is 1.45 bits per heavy atom. The molecule has 0 aliphatic carbocycles. The third-order valence-corrected chi connectivity index (χ3v) is 6.33. The number of thioether (sulfide) groups is 1. The Morgan fingerprint density at radius 3 is 2.55 bits per heavy atom. The van der Waals surface area contributed by atoms with Crippen molar-refractivity contribution in [2.75, 3.05) is 12.0 Å². The first-order valence-electron chi connectivity index (χ1n) is 6.34. The fraction of sp³-hybridized carbons (Fsp3) is 0.583. The zero-order valence-electron chi connectivity index (χ0n) is 12.3. The summed E-state index contributed by atoms with van der Waals surface area (Å²) in [7, 11) is -3.95. The lowest BCUT2D eigenvalue weighted by atomic mass is 10.2. The highest BCUT2D eigenvalue weighted by Gasteiger charge is 2.29. The lowest BCUT2D eigenvalue weighted by molar-refractivity contribution is -0.149. The number of hydrogen-bond donors (Lipinski definition) is 1. The smallest absolute Gasteiger partial charge is 0.324 e. The minimum Gasteiger partial charge on any atom is -0.462 e. The summed E-state index contributed by atoms with van der Waals surface area (Å²) >= 11 is 14.1. The summed E-state index contributed by atoms with van der Waals surface area (Å²) in [6.45, 7) is 3.40. The van der Waals surface area contributed by atoms with Gasteiger partial charge in [0.05, 0.1) is 10.4 Å². The van der Waals surface area contributed by atoms with Crippen LogP contribution in [0.1, 0.15) is 20.3 Å². The van der Waals surface area contributed by atoms with Gasteiger partial charge in [0.15, 0.2) is 0 Å². The Morgan fingerprint density at radius 2 is 2.09 bits per heavy atom. The first-order chi connectivity index (χ1) is 10.2. The van der Waals surface area contributed by atoms with Crippen molar-refractivity contribution in [1.82, 2.24) is 4.72 Å². The molecule has 0 saturated heterocycles. The Labute approximate surface area is 148 Å². The van der Waals surface area contributed by atoms with Crippen molar-refractivity contribution >= 4 is 62.3 Å². The van der Waals surface area contributed by atoms with Gasteiger partial charge in [-0.2, -0.15) is 16.5 Å². The van der Waals surface area contributed by atoms with Gasteiger partial charge < -0.3 is 4.74 Å². The molecule has 1 N–H and O–H groups in total. The molecule has 0 bridgehead atoms. The van der Waals surface area contributed by atoms with Crippen LogP contribution in [0.2, 0.25) is 8.67 Å². The van der Waals surface area contributed by atoms with Crippen LogP contribution < -0.4 is 4.72 Å². The number of hydrogen-bond acceptors (Lipinski definition) is 6. The monoisotopic (exact) mass is 405 g/mol. The fourth-order valence-corrected chi connectivity index (χ4v) is 5.37. The predicted octanol–water partition coefficient (Wildman–Crippen LogP) is 3.41. The van der Waals surface area contributed by atoms with Crippen LogP contribution in [0, 0.1) is 0 Å². The van der Waals surface area contributed by atoms with E-state index in [9.17, 15) is 13.2 Å². The second kappa shape index (κ2) is 8.75. The second-order valence-corrected chi connectivity index (χ2v) is 9.58. The summed E-state index contributed by atoms with van der Waals surface area (Å²) < 4.78 is 32.5. The van der Waals surface area contributed by atoms with Gasteiger partial charge in [-0.3, -0.25) is 4.79 Å². The van der Waals surface area contributed by atoms with Crippen molar-refractivity contribution in [2.45, 2.75) is 37.3 Å². The molecule has 0 spiro atoms. The van der Waals surface area contributed by atoms with Crippen LogP contribution in [0.4, 0.5) is 0 Å². The Kier molecular flexibility index (Phi) is 7.97. The quantitative estimate of drug-likeness (QED) is 0.670. The lowest BCUT2D eigenvalue weighted by Gasteiger charge is -2.18. The lowest BCUT2D eigenvalue weighted by Crippen LogP contribution is -2.42. The maximum Gasteiger partial charge on any atom is 0.324 e. The molecule has 0 fully saturated rings. The van der Waals surface area contributed by atoms with Crippen LogP contribution in [0.5, 0.6) is 0 Å². The summed E-state index contributed by atoms with van der Waals surface area (Å²) in [6, 6.07) is 0.297. The van der Waals surface area contributed by atoms with Crippen LogP contribution in [-0.4, -0.2) is 38.5 Å². The number of esters is 1. The summed E-state index contributed by atoms with van der Waals surface area (Å²) in [6.07, 6.45) is 1.86. The van der Waals surface area contributed by atoms with Gasteiger partial charge in [-0.1, -0.05) is 23.2 Å². The van der Waals surface area contributed by atoms with Crippen molar-refractivity contribution < 1.29 is 17.9 Å². The molecule has 0 aliphatic rings. The van der Waals surface area contributed by atoms with Crippen LogP contribution >= 0.6 is 46.3 Å². The van der Waals surface area contributed by atoms with Crippen molar-refractivity contribution in [2.24, 2.45) is 0 Å². The number of carbonyl (C=O) groups excluding carboxylic acids is 1. The highest BCUT2D eigenvalue weighted by atomic mass is 35.5. The van der Waals surface area contributed by atoms with E-state index in [4.69, 9.17) is 27.9 Å². The van der Waals surface area contributed by atoms with E-state index < -0.39 is 22.0 Å². The molecule has 10 heteroatoms. The number of halogens is 2. The van der Waals surface area contributed by atoms with Gasteiger partial charge in [0.1, 0.15) is 15.3 Å². The van der Waals surface area contributed by atoms with E-state index in [1.54, 1.807) is 13.8 Å². The van der Waals surface area contributed by atoms with E-state index in [2.05, 4.69) is 4.72 Å². The second-order valence-electron chi connectivity index (χ2n) is 4.63. The van der Waals surface area contributed by atoms with Gasteiger partial charge >= 0.3 is 5.97 Å². The predicted molar refractivity (Wildman–Crippen MR) is 92.7 cm³/mol. The maximum atomic E-state index is 12.4. The fourth-order valence-electron chi connectivity index (χ4n) is 1.53. The van der Waals surface area contributed by atoms with Gasteiger partial charge in [-0.15, -0.1) is 11.3 Å². The molecule has 0 radical (unpaired) electrons. The van der Waals surface area contributed by atoms with E-state index in [1.165, 1.54) is 17.8 Å². The molecule has 1 heterocycles. The topological polar surface area (TPSA) is 72.5 Å². The van der Waals surface area contributed by atoms with Crippen molar-refractivity contribution in [1.29, 1.82) is 0 Å². The molecule has 1 aromatic rings. The zero-order chi connectivity index (χ0) is 16.9. The number of thiophene rings is 1. The number of nitrogens with one attached hydrogen (secondary N) is 1. The number of ether oxygens (including phenoxy) is 1. The van der Waals surface area contributed by atoms with E-state index in [-0.39, 0.29) is 19.7 Å². The van der Waals surface area contributed by atoms with Gasteiger partial charge in [0, 0.05) is 0 Å². The van der Waals surface area contributed by atoms with Crippen molar-refractivity contribution in [3.8, 4) is 0 Å². The van der Waals surface area contributed by atoms with Crippen LogP contribution in [-0.2, 0) is 19.6 Å². The molecule has 0 amide bonds. The molecule has 5 nitrogen and oxygen atoms in total. The molecule has 0 aliphatic heterocycles. The standard InChI is InChI=1S/C12H17Cl2NO4S3/c1-7(2)19-12(16)8(4-5-20-3)15-22(17,18)9-6-10(13)21-11(9)14/h6-8,15H,4-5H2,1-3H3. The largest absolute Gasteiger partial charge is 0.462 e. The van der Waals surface area contributed by atoms with Crippen molar-refractivity contribution in [3.63, 3.8) is 0 Å². The average molecular weight is 406 g/mol.